The number of primary amides is 1. The Balaban J connectivity index is 2.28. The summed E-state index contributed by atoms with van der Waals surface area (Å²) in [5.41, 5.74) is 5.16. The lowest BCUT2D eigenvalue weighted by molar-refractivity contribution is -0.118. The van der Waals surface area contributed by atoms with E-state index in [0.717, 1.165) is 17.2 Å². The van der Waals surface area contributed by atoms with Crippen molar-refractivity contribution in [1.29, 1.82) is 0 Å². The van der Waals surface area contributed by atoms with Crippen molar-refractivity contribution in [3.63, 3.8) is 0 Å². The SMILES string of the molecule is CCCCCC1=NC(C(N)=O)CS1. The van der Waals surface area contributed by atoms with E-state index in [-0.39, 0.29) is 11.9 Å². The van der Waals surface area contributed by atoms with E-state index >= 15 is 0 Å². The van der Waals surface area contributed by atoms with Crippen LogP contribution in [0.15, 0.2) is 4.99 Å². The molecule has 0 fully saturated rings. The Morgan fingerprint density at radius 2 is 2.46 bits per heavy atom. The summed E-state index contributed by atoms with van der Waals surface area (Å²) in [5.74, 6) is 0.453. The lowest BCUT2D eigenvalue weighted by atomic mass is 10.2. The number of hydrogen-bond acceptors (Lipinski definition) is 3. The molecular formula is C9H16N2OS. The number of nitrogens with two attached hydrogens (primary N) is 1. The summed E-state index contributed by atoms with van der Waals surface area (Å²) in [7, 11) is 0. The molecule has 1 aliphatic rings. The zero-order valence-electron chi connectivity index (χ0n) is 7.95. The summed E-state index contributed by atoms with van der Waals surface area (Å²) in [6.45, 7) is 2.18. The monoisotopic (exact) mass is 200 g/mol. The van der Waals surface area contributed by atoms with E-state index in [9.17, 15) is 4.79 Å². The lowest BCUT2D eigenvalue weighted by Crippen LogP contribution is -2.26. The molecule has 1 amide bonds. The first-order valence-corrected chi connectivity index (χ1v) is 5.71. The highest BCUT2D eigenvalue weighted by Gasteiger charge is 2.21. The molecule has 0 aromatic rings. The van der Waals surface area contributed by atoms with Gasteiger partial charge in [0.1, 0.15) is 6.04 Å². The largest absolute Gasteiger partial charge is 0.368 e. The number of amides is 1. The fraction of sp³-hybridized carbons (Fsp3) is 0.778. The topological polar surface area (TPSA) is 55.4 Å². The van der Waals surface area contributed by atoms with Gasteiger partial charge in [0.25, 0.3) is 0 Å². The Morgan fingerprint density at radius 3 is 3.00 bits per heavy atom. The number of aliphatic imine (C=N–C) groups is 1. The van der Waals surface area contributed by atoms with Crippen LogP contribution < -0.4 is 5.73 Å². The van der Waals surface area contributed by atoms with Gasteiger partial charge in [-0.3, -0.25) is 9.79 Å². The van der Waals surface area contributed by atoms with Crippen molar-refractivity contribution in [2.75, 3.05) is 5.75 Å². The van der Waals surface area contributed by atoms with Gasteiger partial charge in [-0.05, 0) is 12.8 Å². The standard InChI is InChI=1S/C9H16N2OS/c1-2-3-4-5-8-11-7(6-13-8)9(10)12/h7H,2-6H2,1H3,(H2,10,12). The summed E-state index contributed by atoms with van der Waals surface area (Å²) >= 11 is 1.68. The zero-order chi connectivity index (χ0) is 9.68. The van der Waals surface area contributed by atoms with E-state index in [1.54, 1.807) is 11.8 Å². The van der Waals surface area contributed by atoms with Gasteiger partial charge in [0.05, 0.1) is 5.04 Å². The second kappa shape index (κ2) is 5.27. The van der Waals surface area contributed by atoms with Gasteiger partial charge >= 0.3 is 0 Å². The number of carbonyl (C=O) groups excluding carboxylic acids is 1. The van der Waals surface area contributed by atoms with Crippen molar-refractivity contribution in [2.45, 2.75) is 38.6 Å². The molecule has 0 saturated carbocycles. The van der Waals surface area contributed by atoms with Crippen molar-refractivity contribution in [2.24, 2.45) is 10.7 Å². The van der Waals surface area contributed by atoms with Crippen LogP contribution in [0.4, 0.5) is 0 Å². The average molecular weight is 200 g/mol. The first-order valence-electron chi connectivity index (χ1n) is 4.72. The number of nitrogens with zero attached hydrogens (tertiary/aromatic N) is 1. The minimum Gasteiger partial charge on any atom is -0.368 e. The van der Waals surface area contributed by atoms with Gasteiger partial charge in [-0.1, -0.05) is 19.8 Å². The van der Waals surface area contributed by atoms with Crippen LogP contribution in [0.3, 0.4) is 0 Å². The third-order valence-electron chi connectivity index (χ3n) is 2.03. The lowest BCUT2D eigenvalue weighted by Gasteiger charge is -1.97. The summed E-state index contributed by atoms with van der Waals surface area (Å²) in [5, 5.41) is 1.11. The molecule has 0 bridgehead atoms. The van der Waals surface area contributed by atoms with Gasteiger partial charge in [0.2, 0.25) is 5.91 Å². The highest BCUT2D eigenvalue weighted by Crippen LogP contribution is 2.21. The molecular weight excluding hydrogens is 184 g/mol. The van der Waals surface area contributed by atoms with E-state index in [4.69, 9.17) is 5.73 Å². The van der Waals surface area contributed by atoms with Crippen molar-refractivity contribution >= 4 is 22.7 Å². The second-order valence-corrected chi connectivity index (χ2v) is 4.30. The van der Waals surface area contributed by atoms with Crippen molar-refractivity contribution in [3.8, 4) is 0 Å². The number of hydrogen-bond donors (Lipinski definition) is 1. The third kappa shape index (κ3) is 3.38. The Kier molecular flexibility index (Phi) is 4.28. The number of rotatable bonds is 5. The van der Waals surface area contributed by atoms with Crippen LogP contribution in [0.1, 0.15) is 32.6 Å². The van der Waals surface area contributed by atoms with Crippen LogP contribution >= 0.6 is 11.8 Å². The Morgan fingerprint density at radius 1 is 1.69 bits per heavy atom. The molecule has 2 N–H and O–H groups in total. The Bertz CT molecular complexity index is 216. The molecule has 3 nitrogen and oxygen atoms in total. The maximum atomic E-state index is 10.8. The fourth-order valence-electron chi connectivity index (χ4n) is 1.23. The molecule has 1 rings (SSSR count). The average Bonchev–Trinajstić information content (AvgIpc) is 2.53. The molecule has 4 heteroatoms. The van der Waals surface area contributed by atoms with Crippen LogP contribution in [-0.2, 0) is 4.79 Å². The normalized spacial score (nSPS) is 21.6. The van der Waals surface area contributed by atoms with Crippen molar-refractivity contribution < 1.29 is 4.79 Å². The predicted octanol–water partition coefficient (Wildman–Crippen LogP) is 1.57. The quantitative estimate of drug-likeness (QED) is 0.685. The molecule has 13 heavy (non-hydrogen) atoms. The molecule has 1 unspecified atom stereocenters. The molecule has 1 aliphatic heterocycles. The summed E-state index contributed by atoms with van der Waals surface area (Å²) < 4.78 is 0. The molecule has 0 aromatic heterocycles. The third-order valence-corrected chi connectivity index (χ3v) is 3.16. The van der Waals surface area contributed by atoms with Crippen molar-refractivity contribution in [1.82, 2.24) is 0 Å². The maximum absolute atomic E-state index is 10.8. The first kappa shape index (κ1) is 10.6. The number of unbranched alkanes of at least 4 members (excludes halogenated alkanes) is 2. The smallest absolute Gasteiger partial charge is 0.243 e. The number of thioether (sulfide) groups is 1. The minimum absolute atomic E-state index is 0.262. The van der Waals surface area contributed by atoms with Gasteiger partial charge < -0.3 is 5.73 Å². The molecule has 1 atom stereocenters. The predicted molar refractivity (Wildman–Crippen MR) is 57.0 cm³/mol. The van der Waals surface area contributed by atoms with Crippen LogP contribution in [0.2, 0.25) is 0 Å². The molecule has 1 heterocycles. The minimum atomic E-state index is -0.294. The zero-order valence-corrected chi connectivity index (χ0v) is 8.77. The van der Waals surface area contributed by atoms with E-state index in [1.165, 1.54) is 19.3 Å². The van der Waals surface area contributed by atoms with Gasteiger partial charge in [-0.15, -0.1) is 11.8 Å². The van der Waals surface area contributed by atoms with Gasteiger partial charge in [0.15, 0.2) is 0 Å². The molecule has 74 valence electrons. The number of carbonyl (C=O) groups is 1. The van der Waals surface area contributed by atoms with E-state index in [0.29, 0.717) is 0 Å². The molecule has 0 aromatic carbocycles. The fourth-order valence-corrected chi connectivity index (χ4v) is 2.31. The van der Waals surface area contributed by atoms with Gasteiger partial charge in [-0.2, -0.15) is 0 Å². The van der Waals surface area contributed by atoms with Crippen LogP contribution in [-0.4, -0.2) is 22.7 Å². The first-order chi connectivity index (χ1) is 6.24. The summed E-state index contributed by atoms with van der Waals surface area (Å²) in [6.07, 6.45) is 4.65. The van der Waals surface area contributed by atoms with E-state index < -0.39 is 0 Å². The van der Waals surface area contributed by atoms with Crippen molar-refractivity contribution in [3.05, 3.63) is 0 Å². The van der Waals surface area contributed by atoms with Gasteiger partial charge in [0, 0.05) is 5.75 Å². The molecule has 0 aliphatic carbocycles. The van der Waals surface area contributed by atoms with E-state index in [2.05, 4.69) is 11.9 Å². The summed E-state index contributed by atoms with van der Waals surface area (Å²) in [4.78, 5) is 15.0. The molecule has 0 saturated heterocycles. The van der Waals surface area contributed by atoms with Crippen LogP contribution in [0.5, 0.6) is 0 Å². The van der Waals surface area contributed by atoms with Gasteiger partial charge in [-0.25, -0.2) is 0 Å². The Hall–Kier alpha value is -0.510. The second-order valence-electron chi connectivity index (χ2n) is 3.21. The Labute approximate surface area is 83.2 Å². The maximum Gasteiger partial charge on any atom is 0.243 e. The van der Waals surface area contributed by atoms with Crippen LogP contribution in [0.25, 0.3) is 0 Å². The highest BCUT2D eigenvalue weighted by atomic mass is 32.2. The highest BCUT2D eigenvalue weighted by molar-refractivity contribution is 8.14. The molecule has 0 spiro atoms. The summed E-state index contributed by atoms with van der Waals surface area (Å²) in [6, 6.07) is -0.262. The van der Waals surface area contributed by atoms with E-state index in [1.807, 2.05) is 0 Å². The van der Waals surface area contributed by atoms with Crippen LogP contribution in [0, 0.1) is 0 Å². The molecule has 0 radical (unpaired) electrons.